The van der Waals surface area contributed by atoms with E-state index >= 15 is 0 Å². The molecule has 1 aromatic carbocycles. The second-order valence-electron chi connectivity index (χ2n) is 7.35. The molecule has 6 nitrogen and oxygen atoms in total. The molecule has 0 bridgehead atoms. The van der Waals surface area contributed by atoms with Crippen LogP contribution in [-0.2, 0) is 27.1 Å². The van der Waals surface area contributed by atoms with Crippen LogP contribution < -0.4 is 5.32 Å². The summed E-state index contributed by atoms with van der Waals surface area (Å²) in [5.74, 6) is -0.0786. The van der Waals surface area contributed by atoms with Gasteiger partial charge in [0.15, 0.2) is 0 Å². The number of ether oxygens (including phenoxy) is 2. The van der Waals surface area contributed by atoms with Crippen molar-refractivity contribution < 1.29 is 24.2 Å². The van der Waals surface area contributed by atoms with Gasteiger partial charge in [-0.2, -0.15) is 0 Å². The van der Waals surface area contributed by atoms with Gasteiger partial charge < -0.3 is 19.9 Å². The van der Waals surface area contributed by atoms with E-state index in [0.29, 0.717) is 36.3 Å². The van der Waals surface area contributed by atoms with E-state index < -0.39 is 11.7 Å². The van der Waals surface area contributed by atoms with Crippen molar-refractivity contribution in [2.75, 3.05) is 7.11 Å². The molecule has 0 unspecified atom stereocenters. The summed E-state index contributed by atoms with van der Waals surface area (Å²) >= 11 is 6.26. The number of carbonyl (C=O) groups excluding carboxylic acids is 1. The number of hydrogen-bond acceptors (Lipinski definition) is 4. The number of rotatable bonds is 5. The molecule has 2 N–H and O–H groups in total. The molecule has 0 saturated heterocycles. The zero-order valence-corrected chi connectivity index (χ0v) is 17.2. The highest BCUT2D eigenvalue weighted by molar-refractivity contribution is 6.31. The lowest BCUT2D eigenvalue weighted by Crippen LogP contribution is -2.49. The Morgan fingerprint density at radius 3 is 2.29 bits per heavy atom. The fourth-order valence-electron chi connectivity index (χ4n) is 4.42. The smallest absolute Gasteiger partial charge is 0.449 e. The Morgan fingerprint density at radius 2 is 1.82 bits per heavy atom. The minimum atomic E-state index is -1.41. The highest BCUT2D eigenvalue weighted by Gasteiger charge is 2.50. The van der Waals surface area contributed by atoms with Gasteiger partial charge in [0.2, 0.25) is 0 Å². The van der Waals surface area contributed by atoms with Crippen LogP contribution in [0.25, 0.3) is 5.57 Å². The second-order valence-corrected chi connectivity index (χ2v) is 7.79. The van der Waals surface area contributed by atoms with Crippen molar-refractivity contribution in [2.45, 2.75) is 64.0 Å². The summed E-state index contributed by atoms with van der Waals surface area (Å²) in [6.07, 6.45) is 2.60. The first-order valence-corrected chi connectivity index (χ1v) is 10.1. The van der Waals surface area contributed by atoms with Crippen LogP contribution in [0.15, 0.2) is 17.9 Å². The molecule has 1 spiro atoms. The standard InChI is InChI=1S/C21H26ClNO5/c1-4-12-10-14(22)11-13(5-2)16(12)17-18(28-20(25)26)21(23-19(17)24)8-6-15(27-3)7-9-21/h10-11,15H,4-9H2,1-3H3,(H,23,24)(H,25,26)/t15-,21+. The molecule has 1 heterocycles. The van der Waals surface area contributed by atoms with Gasteiger partial charge in [0.1, 0.15) is 5.76 Å². The Bertz CT molecular complexity index is 799. The van der Waals surface area contributed by atoms with E-state index in [2.05, 4.69) is 5.32 Å². The Hall–Kier alpha value is -2.05. The van der Waals surface area contributed by atoms with Crippen LogP contribution >= 0.6 is 11.6 Å². The highest BCUT2D eigenvalue weighted by Crippen LogP contribution is 2.45. The summed E-state index contributed by atoms with van der Waals surface area (Å²) in [5, 5.41) is 13.0. The molecule has 2 aliphatic rings. The molecule has 0 radical (unpaired) electrons. The van der Waals surface area contributed by atoms with Gasteiger partial charge >= 0.3 is 6.16 Å². The van der Waals surface area contributed by atoms with E-state index in [0.717, 1.165) is 29.5 Å². The predicted octanol–water partition coefficient (Wildman–Crippen LogP) is 4.33. The van der Waals surface area contributed by atoms with E-state index in [1.165, 1.54) is 0 Å². The number of hydrogen-bond donors (Lipinski definition) is 2. The molecule has 0 aromatic heterocycles. The van der Waals surface area contributed by atoms with Crippen molar-refractivity contribution >= 4 is 29.2 Å². The molecule has 1 fully saturated rings. The first kappa shape index (κ1) is 20.7. The maximum atomic E-state index is 13.1. The van der Waals surface area contributed by atoms with E-state index in [1.54, 1.807) is 7.11 Å². The lowest BCUT2D eigenvalue weighted by atomic mass is 9.78. The summed E-state index contributed by atoms with van der Waals surface area (Å²) in [6.45, 7) is 3.97. The molecule has 1 aromatic rings. The number of methoxy groups -OCH3 is 1. The molecular formula is C21H26ClNO5. The number of halogens is 1. The SMILES string of the molecule is CCc1cc(Cl)cc(CC)c1C1=C(OC(=O)O)[C@]2(CC[C@H](OC)CC2)NC1=O. The number of benzene rings is 1. The van der Waals surface area contributed by atoms with Crippen LogP contribution in [0.4, 0.5) is 4.79 Å². The minimum Gasteiger partial charge on any atom is -0.449 e. The summed E-state index contributed by atoms with van der Waals surface area (Å²) < 4.78 is 10.7. The van der Waals surface area contributed by atoms with Gasteiger partial charge in [-0.25, -0.2) is 4.79 Å². The number of carbonyl (C=O) groups is 2. The van der Waals surface area contributed by atoms with Crippen molar-refractivity contribution in [3.05, 3.63) is 39.6 Å². The van der Waals surface area contributed by atoms with Crippen LogP contribution in [0.5, 0.6) is 0 Å². The van der Waals surface area contributed by atoms with Gasteiger partial charge in [-0.1, -0.05) is 25.4 Å². The van der Waals surface area contributed by atoms with Crippen LogP contribution in [-0.4, -0.2) is 35.9 Å². The first-order valence-electron chi connectivity index (χ1n) is 9.67. The lowest BCUT2D eigenvalue weighted by Gasteiger charge is -2.37. The fraction of sp³-hybridized carbons (Fsp3) is 0.524. The van der Waals surface area contributed by atoms with Crippen molar-refractivity contribution in [3.63, 3.8) is 0 Å². The normalized spacial score (nSPS) is 24.6. The monoisotopic (exact) mass is 407 g/mol. The molecular weight excluding hydrogens is 382 g/mol. The summed E-state index contributed by atoms with van der Waals surface area (Å²) in [5.41, 5.74) is 2.07. The van der Waals surface area contributed by atoms with Crippen LogP contribution in [0.2, 0.25) is 5.02 Å². The van der Waals surface area contributed by atoms with Crippen molar-refractivity contribution in [1.29, 1.82) is 0 Å². The van der Waals surface area contributed by atoms with E-state index in [1.807, 2.05) is 26.0 Å². The molecule has 1 aliphatic carbocycles. The van der Waals surface area contributed by atoms with Gasteiger partial charge in [0.25, 0.3) is 5.91 Å². The van der Waals surface area contributed by atoms with Gasteiger partial charge in [-0.15, -0.1) is 0 Å². The van der Waals surface area contributed by atoms with Gasteiger partial charge in [-0.05, 0) is 67.3 Å². The fourth-order valence-corrected chi connectivity index (χ4v) is 4.68. The van der Waals surface area contributed by atoms with Crippen LogP contribution in [0, 0.1) is 0 Å². The average molecular weight is 408 g/mol. The third kappa shape index (κ3) is 3.63. The van der Waals surface area contributed by atoms with Crippen molar-refractivity contribution in [3.8, 4) is 0 Å². The first-order chi connectivity index (χ1) is 13.3. The zero-order chi connectivity index (χ0) is 20.5. The largest absolute Gasteiger partial charge is 0.511 e. The van der Waals surface area contributed by atoms with E-state index in [-0.39, 0.29) is 17.8 Å². The topological polar surface area (TPSA) is 84.9 Å². The molecule has 28 heavy (non-hydrogen) atoms. The molecule has 1 aliphatic heterocycles. The third-order valence-electron chi connectivity index (χ3n) is 5.83. The van der Waals surface area contributed by atoms with Crippen molar-refractivity contribution in [2.24, 2.45) is 0 Å². The third-order valence-corrected chi connectivity index (χ3v) is 6.05. The molecule has 1 saturated carbocycles. The van der Waals surface area contributed by atoms with Crippen LogP contribution in [0.1, 0.15) is 56.2 Å². The van der Waals surface area contributed by atoms with Crippen molar-refractivity contribution in [1.82, 2.24) is 5.32 Å². The Morgan fingerprint density at radius 1 is 1.25 bits per heavy atom. The maximum Gasteiger partial charge on any atom is 0.511 e. The molecule has 0 atom stereocenters. The maximum absolute atomic E-state index is 13.1. The summed E-state index contributed by atoms with van der Waals surface area (Å²) in [6, 6.07) is 3.67. The average Bonchev–Trinajstić information content (AvgIpc) is 2.92. The molecule has 3 rings (SSSR count). The quantitative estimate of drug-likeness (QED) is 0.709. The Kier molecular flexibility index (Phi) is 6.01. The Balaban J connectivity index is 2.20. The zero-order valence-electron chi connectivity index (χ0n) is 16.4. The number of aryl methyl sites for hydroxylation is 2. The molecule has 152 valence electrons. The number of amides is 1. The number of carboxylic acid groups (broad SMARTS) is 1. The Labute approximate surface area is 169 Å². The second kappa shape index (κ2) is 8.13. The minimum absolute atomic E-state index is 0.102. The van der Waals surface area contributed by atoms with E-state index in [9.17, 15) is 14.7 Å². The number of nitrogens with one attached hydrogen (secondary N) is 1. The van der Waals surface area contributed by atoms with E-state index in [4.69, 9.17) is 21.1 Å². The molecule has 7 heteroatoms. The highest BCUT2D eigenvalue weighted by atomic mass is 35.5. The summed E-state index contributed by atoms with van der Waals surface area (Å²) in [7, 11) is 1.67. The summed E-state index contributed by atoms with van der Waals surface area (Å²) in [4.78, 5) is 24.6. The lowest BCUT2D eigenvalue weighted by molar-refractivity contribution is -0.116. The molecule has 1 amide bonds. The van der Waals surface area contributed by atoms with Gasteiger partial charge in [-0.3, -0.25) is 4.79 Å². The van der Waals surface area contributed by atoms with Gasteiger partial charge in [0, 0.05) is 12.1 Å². The van der Waals surface area contributed by atoms with Crippen LogP contribution in [0.3, 0.4) is 0 Å². The predicted molar refractivity (Wildman–Crippen MR) is 106 cm³/mol. The van der Waals surface area contributed by atoms with Gasteiger partial charge in [0.05, 0.1) is 17.2 Å².